The average molecular weight is 355 g/mol. The SMILES string of the molecule is O=C(COc1ccc(Cl)c2cccnc12)N[C@@H]1CCS(=O)(=O)C1. The lowest BCUT2D eigenvalue weighted by atomic mass is 10.2. The van der Waals surface area contributed by atoms with Crippen LogP contribution in [0.2, 0.25) is 5.02 Å². The van der Waals surface area contributed by atoms with Gasteiger partial charge >= 0.3 is 0 Å². The Bertz CT molecular complexity index is 854. The molecule has 1 aromatic heterocycles. The van der Waals surface area contributed by atoms with Crippen molar-refractivity contribution in [2.45, 2.75) is 12.5 Å². The van der Waals surface area contributed by atoms with Crippen molar-refractivity contribution < 1.29 is 17.9 Å². The first-order valence-electron chi connectivity index (χ1n) is 7.10. The van der Waals surface area contributed by atoms with Crippen molar-refractivity contribution in [3.63, 3.8) is 0 Å². The van der Waals surface area contributed by atoms with E-state index in [2.05, 4.69) is 10.3 Å². The van der Waals surface area contributed by atoms with E-state index in [1.807, 2.05) is 6.07 Å². The summed E-state index contributed by atoms with van der Waals surface area (Å²) >= 11 is 6.10. The maximum absolute atomic E-state index is 11.9. The van der Waals surface area contributed by atoms with Crippen LogP contribution in [0.3, 0.4) is 0 Å². The van der Waals surface area contributed by atoms with Crippen LogP contribution in [-0.2, 0) is 14.6 Å². The molecule has 0 radical (unpaired) electrons. The molecule has 0 saturated carbocycles. The number of pyridine rings is 1. The molecule has 1 N–H and O–H groups in total. The average Bonchev–Trinajstić information content (AvgIpc) is 2.86. The maximum atomic E-state index is 11.9. The summed E-state index contributed by atoms with van der Waals surface area (Å²) in [5.41, 5.74) is 0.580. The quantitative estimate of drug-likeness (QED) is 0.900. The first-order valence-corrected chi connectivity index (χ1v) is 9.30. The van der Waals surface area contributed by atoms with Crippen LogP contribution >= 0.6 is 11.6 Å². The molecule has 0 spiro atoms. The van der Waals surface area contributed by atoms with Gasteiger partial charge in [0, 0.05) is 17.6 Å². The van der Waals surface area contributed by atoms with Crippen molar-refractivity contribution in [1.29, 1.82) is 0 Å². The van der Waals surface area contributed by atoms with Gasteiger partial charge in [-0.1, -0.05) is 11.6 Å². The molecule has 8 heteroatoms. The standard InChI is InChI=1S/C15H15ClN2O4S/c16-12-3-4-13(15-11(12)2-1-6-17-15)22-8-14(19)18-10-5-7-23(20,21)9-10/h1-4,6,10H,5,7-9H2,(H,18,19)/t10-/m1/s1. The molecule has 2 heterocycles. The monoisotopic (exact) mass is 354 g/mol. The summed E-state index contributed by atoms with van der Waals surface area (Å²) in [6.07, 6.45) is 2.06. The summed E-state index contributed by atoms with van der Waals surface area (Å²) < 4.78 is 28.3. The fourth-order valence-electron chi connectivity index (χ4n) is 2.55. The molecule has 3 rings (SSSR count). The fraction of sp³-hybridized carbons (Fsp3) is 0.333. The van der Waals surface area contributed by atoms with E-state index in [-0.39, 0.29) is 30.1 Å². The van der Waals surface area contributed by atoms with Crippen LogP contribution in [0.1, 0.15) is 6.42 Å². The Morgan fingerprint density at radius 3 is 2.96 bits per heavy atom. The Morgan fingerprint density at radius 1 is 1.39 bits per heavy atom. The van der Waals surface area contributed by atoms with Crippen molar-refractivity contribution in [3.8, 4) is 5.75 Å². The zero-order chi connectivity index (χ0) is 16.4. The first kappa shape index (κ1) is 16.0. The van der Waals surface area contributed by atoms with Crippen LogP contribution in [0, 0.1) is 0 Å². The lowest BCUT2D eigenvalue weighted by Gasteiger charge is -2.12. The minimum absolute atomic E-state index is 0.00975. The van der Waals surface area contributed by atoms with Crippen molar-refractivity contribution in [3.05, 3.63) is 35.5 Å². The number of carbonyl (C=O) groups is 1. The van der Waals surface area contributed by atoms with Crippen LogP contribution in [0.25, 0.3) is 10.9 Å². The summed E-state index contributed by atoms with van der Waals surface area (Å²) in [5, 5.41) is 3.98. The number of fused-ring (bicyclic) bond motifs is 1. The Kier molecular flexibility index (Phi) is 4.41. The Hall–Kier alpha value is -1.86. The number of nitrogens with zero attached hydrogens (tertiary/aromatic N) is 1. The molecule has 1 fully saturated rings. The minimum Gasteiger partial charge on any atom is -0.481 e. The normalized spacial score (nSPS) is 19.6. The molecule has 0 unspecified atom stereocenters. The summed E-state index contributed by atoms with van der Waals surface area (Å²) in [7, 11) is -3.02. The number of rotatable bonds is 4. The fourth-order valence-corrected chi connectivity index (χ4v) is 4.44. The summed E-state index contributed by atoms with van der Waals surface area (Å²) in [6, 6.07) is 6.59. The smallest absolute Gasteiger partial charge is 0.258 e. The van der Waals surface area contributed by atoms with Gasteiger partial charge in [0.05, 0.1) is 16.5 Å². The molecular formula is C15H15ClN2O4S. The molecule has 1 aliphatic rings. The van der Waals surface area contributed by atoms with Gasteiger partial charge in [-0.05, 0) is 30.7 Å². The second-order valence-corrected chi connectivity index (χ2v) is 8.04. The van der Waals surface area contributed by atoms with Gasteiger partial charge in [0.25, 0.3) is 5.91 Å². The number of amides is 1. The van der Waals surface area contributed by atoms with Gasteiger partial charge < -0.3 is 10.1 Å². The van der Waals surface area contributed by atoms with Crippen LogP contribution < -0.4 is 10.1 Å². The van der Waals surface area contributed by atoms with Gasteiger partial charge in [0.2, 0.25) is 0 Å². The Labute approximate surface area is 138 Å². The first-order chi connectivity index (χ1) is 10.9. The minimum atomic E-state index is -3.02. The number of aromatic nitrogens is 1. The molecule has 6 nitrogen and oxygen atoms in total. The van der Waals surface area contributed by atoms with Gasteiger partial charge in [0.15, 0.2) is 16.4 Å². The lowest BCUT2D eigenvalue weighted by Crippen LogP contribution is -2.38. The summed E-state index contributed by atoms with van der Waals surface area (Å²) in [6.45, 7) is -0.205. The molecule has 23 heavy (non-hydrogen) atoms. The molecule has 122 valence electrons. The maximum Gasteiger partial charge on any atom is 0.258 e. The third-order valence-electron chi connectivity index (χ3n) is 3.64. The molecule has 1 atom stereocenters. The van der Waals surface area contributed by atoms with E-state index < -0.39 is 9.84 Å². The highest BCUT2D eigenvalue weighted by atomic mass is 35.5. The van der Waals surface area contributed by atoms with E-state index in [4.69, 9.17) is 16.3 Å². The van der Waals surface area contributed by atoms with E-state index in [0.29, 0.717) is 22.7 Å². The zero-order valence-electron chi connectivity index (χ0n) is 12.2. The molecule has 0 bridgehead atoms. The molecule has 1 aliphatic heterocycles. The number of ether oxygens (including phenoxy) is 1. The lowest BCUT2D eigenvalue weighted by molar-refractivity contribution is -0.123. The highest BCUT2D eigenvalue weighted by molar-refractivity contribution is 7.91. The predicted molar refractivity (Wildman–Crippen MR) is 87.4 cm³/mol. The van der Waals surface area contributed by atoms with Crippen molar-refractivity contribution >= 4 is 38.2 Å². The van der Waals surface area contributed by atoms with Gasteiger partial charge in [-0.15, -0.1) is 0 Å². The van der Waals surface area contributed by atoms with Gasteiger partial charge in [-0.25, -0.2) is 8.42 Å². The molecule has 1 aromatic carbocycles. The van der Waals surface area contributed by atoms with Gasteiger partial charge in [-0.2, -0.15) is 0 Å². The molecule has 1 saturated heterocycles. The van der Waals surface area contributed by atoms with E-state index in [1.54, 1.807) is 24.4 Å². The number of sulfone groups is 1. The van der Waals surface area contributed by atoms with Crippen LogP contribution in [0.15, 0.2) is 30.5 Å². The third-order valence-corrected chi connectivity index (χ3v) is 5.73. The number of benzene rings is 1. The summed E-state index contributed by atoms with van der Waals surface area (Å²) in [5.74, 6) is 0.208. The topological polar surface area (TPSA) is 85.4 Å². The number of carbonyl (C=O) groups excluding carboxylic acids is 1. The Morgan fingerprint density at radius 2 is 2.22 bits per heavy atom. The number of hydrogen-bond acceptors (Lipinski definition) is 5. The van der Waals surface area contributed by atoms with E-state index in [1.165, 1.54) is 0 Å². The van der Waals surface area contributed by atoms with Gasteiger partial charge in [0.1, 0.15) is 11.3 Å². The van der Waals surface area contributed by atoms with Crippen molar-refractivity contribution in [2.75, 3.05) is 18.1 Å². The third kappa shape index (κ3) is 3.73. The van der Waals surface area contributed by atoms with Crippen LogP contribution in [0.5, 0.6) is 5.75 Å². The van der Waals surface area contributed by atoms with Gasteiger partial charge in [-0.3, -0.25) is 9.78 Å². The number of nitrogens with one attached hydrogen (secondary N) is 1. The molecule has 1 amide bonds. The Balaban J connectivity index is 1.65. The van der Waals surface area contributed by atoms with Crippen LogP contribution in [-0.4, -0.2) is 43.5 Å². The predicted octanol–water partition coefficient (Wildman–Crippen LogP) is 1.57. The van der Waals surface area contributed by atoms with Crippen molar-refractivity contribution in [2.24, 2.45) is 0 Å². The second kappa shape index (κ2) is 6.33. The zero-order valence-corrected chi connectivity index (χ0v) is 13.7. The van der Waals surface area contributed by atoms with Crippen molar-refractivity contribution in [1.82, 2.24) is 10.3 Å². The molecular weight excluding hydrogens is 340 g/mol. The number of halogens is 1. The van der Waals surface area contributed by atoms with Crippen LogP contribution in [0.4, 0.5) is 0 Å². The second-order valence-electron chi connectivity index (χ2n) is 5.40. The summed E-state index contributed by atoms with van der Waals surface area (Å²) in [4.78, 5) is 16.1. The van der Waals surface area contributed by atoms with E-state index >= 15 is 0 Å². The highest BCUT2D eigenvalue weighted by Crippen LogP contribution is 2.29. The van der Waals surface area contributed by atoms with E-state index in [9.17, 15) is 13.2 Å². The largest absolute Gasteiger partial charge is 0.481 e. The highest BCUT2D eigenvalue weighted by Gasteiger charge is 2.28. The molecule has 0 aliphatic carbocycles. The molecule has 2 aromatic rings. The van der Waals surface area contributed by atoms with E-state index in [0.717, 1.165) is 5.39 Å². The number of hydrogen-bond donors (Lipinski definition) is 1.